The number of hydrogen-bond donors (Lipinski definition) is 1. The Bertz CT molecular complexity index is 435. The lowest BCUT2D eigenvalue weighted by Crippen LogP contribution is -2.07. The topological polar surface area (TPSA) is 61.5 Å². The zero-order valence-corrected chi connectivity index (χ0v) is 9.73. The molecule has 1 aromatic carbocycles. The first-order valence-electron chi connectivity index (χ1n) is 5.32. The summed E-state index contributed by atoms with van der Waals surface area (Å²) in [4.78, 5) is 11.5. The van der Waals surface area contributed by atoms with Crippen molar-refractivity contribution in [2.75, 3.05) is 18.9 Å². The zero-order valence-electron chi connectivity index (χ0n) is 9.73. The van der Waals surface area contributed by atoms with E-state index in [4.69, 9.17) is 21.6 Å². The monoisotopic (exact) mass is 233 g/mol. The van der Waals surface area contributed by atoms with Gasteiger partial charge in [-0.05, 0) is 24.6 Å². The molecule has 0 aliphatic rings. The molecule has 17 heavy (non-hydrogen) atoms. The van der Waals surface area contributed by atoms with E-state index in [0.29, 0.717) is 23.6 Å². The predicted molar refractivity (Wildman–Crippen MR) is 65.8 cm³/mol. The van der Waals surface area contributed by atoms with E-state index in [1.165, 1.54) is 0 Å². The van der Waals surface area contributed by atoms with E-state index in [9.17, 15) is 4.79 Å². The highest BCUT2D eigenvalue weighted by Gasteiger charge is 2.10. The Balaban J connectivity index is 2.81. The Morgan fingerprint density at radius 1 is 1.53 bits per heavy atom. The van der Waals surface area contributed by atoms with E-state index >= 15 is 0 Å². The lowest BCUT2D eigenvalue weighted by Gasteiger charge is -2.09. The van der Waals surface area contributed by atoms with Crippen molar-refractivity contribution in [1.29, 1.82) is 0 Å². The van der Waals surface area contributed by atoms with Crippen LogP contribution in [0.25, 0.3) is 0 Å². The predicted octanol–water partition coefficient (Wildman–Crippen LogP) is 1.85. The van der Waals surface area contributed by atoms with Gasteiger partial charge in [-0.2, -0.15) is 0 Å². The molecule has 0 aliphatic heterocycles. The molecule has 0 aliphatic carbocycles. The molecule has 0 aromatic heterocycles. The molecular formula is C13H15NO3. The average molecular weight is 233 g/mol. The van der Waals surface area contributed by atoms with Crippen LogP contribution in [0.2, 0.25) is 0 Å². The van der Waals surface area contributed by atoms with Gasteiger partial charge in [0, 0.05) is 0 Å². The highest BCUT2D eigenvalue weighted by atomic mass is 16.5. The zero-order chi connectivity index (χ0) is 12.7. The van der Waals surface area contributed by atoms with Crippen LogP contribution < -0.4 is 10.5 Å². The Hall–Kier alpha value is -2.15. The molecule has 0 saturated carbocycles. The first-order chi connectivity index (χ1) is 8.19. The third-order valence-electron chi connectivity index (χ3n) is 2.00. The molecule has 1 aromatic rings. The van der Waals surface area contributed by atoms with E-state index in [-0.39, 0.29) is 6.61 Å². The molecule has 4 nitrogen and oxygen atoms in total. The van der Waals surface area contributed by atoms with Crippen LogP contribution >= 0.6 is 0 Å². The largest absolute Gasteiger partial charge is 0.491 e. The second-order valence-electron chi connectivity index (χ2n) is 3.38. The van der Waals surface area contributed by atoms with E-state index < -0.39 is 5.97 Å². The second kappa shape index (κ2) is 6.44. The van der Waals surface area contributed by atoms with Crippen molar-refractivity contribution in [3.8, 4) is 18.1 Å². The quantitative estimate of drug-likeness (QED) is 0.479. The van der Waals surface area contributed by atoms with Gasteiger partial charge < -0.3 is 15.2 Å². The van der Waals surface area contributed by atoms with Crippen molar-refractivity contribution >= 4 is 11.7 Å². The summed E-state index contributed by atoms with van der Waals surface area (Å²) in [7, 11) is 0. The van der Waals surface area contributed by atoms with Crippen LogP contribution in [0.15, 0.2) is 18.2 Å². The SMILES string of the molecule is C#CCOC(=O)c1ccc(N)c(OCCC)c1. The summed E-state index contributed by atoms with van der Waals surface area (Å²) in [5, 5.41) is 0. The summed E-state index contributed by atoms with van der Waals surface area (Å²) < 4.78 is 10.2. The molecule has 0 bridgehead atoms. The Morgan fingerprint density at radius 2 is 2.29 bits per heavy atom. The normalized spacial score (nSPS) is 9.41. The summed E-state index contributed by atoms with van der Waals surface area (Å²) in [6.07, 6.45) is 5.87. The minimum absolute atomic E-state index is 0.0473. The van der Waals surface area contributed by atoms with Gasteiger partial charge in [0.2, 0.25) is 0 Å². The molecule has 2 N–H and O–H groups in total. The fraction of sp³-hybridized carbons (Fsp3) is 0.308. The minimum Gasteiger partial charge on any atom is -0.491 e. The first-order valence-corrected chi connectivity index (χ1v) is 5.32. The fourth-order valence-corrected chi connectivity index (χ4v) is 1.19. The van der Waals surface area contributed by atoms with Gasteiger partial charge in [0.15, 0.2) is 6.61 Å². The van der Waals surface area contributed by atoms with E-state index in [2.05, 4.69) is 5.92 Å². The van der Waals surface area contributed by atoms with E-state index in [1.807, 2.05) is 6.92 Å². The maximum Gasteiger partial charge on any atom is 0.339 e. The van der Waals surface area contributed by atoms with Gasteiger partial charge in [-0.15, -0.1) is 6.42 Å². The molecule has 0 fully saturated rings. The van der Waals surface area contributed by atoms with Crippen molar-refractivity contribution < 1.29 is 14.3 Å². The Labute approximate surface area is 101 Å². The molecule has 1 rings (SSSR count). The number of esters is 1. The number of carbonyl (C=O) groups excluding carboxylic acids is 1. The number of nitrogen functional groups attached to an aromatic ring is 1. The van der Waals surface area contributed by atoms with Gasteiger partial charge in [0.1, 0.15) is 5.75 Å². The smallest absolute Gasteiger partial charge is 0.339 e. The number of benzene rings is 1. The van der Waals surface area contributed by atoms with Crippen LogP contribution in [0.1, 0.15) is 23.7 Å². The van der Waals surface area contributed by atoms with Crippen molar-refractivity contribution in [3.63, 3.8) is 0 Å². The number of nitrogens with two attached hydrogens (primary N) is 1. The summed E-state index contributed by atoms with van der Waals surface area (Å²) in [5.41, 5.74) is 6.59. The number of terminal acetylenes is 1. The van der Waals surface area contributed by atoms with Crippen molar-refractivity contribution in [1.82, 2.24) is 0 Å². The number of carbonyl (C=O) groups is 1. The number of ether oxygens (including phenoxy) is 2. The number of rotatable bonds is 5. The molecule has 0 unspecified atom stereocenters. The third-order valence-corrected chi connectivity index (χ3v) is 2.00. The second-order valence-corrected chi connectivity index (χ2v) is 3.38. The van der Waals surface area contributed by atoms with Crippen LogP contribution in [0.3, 0.4) is 0 Å². The van der Waals surface area contributed by atoms with Gasteiger partial charge in [-0.25, -0.2) is 4.79 Å². The molecule has 90 valence electrons. The minimum atomic E-state index is -0.482. The van der Waals surface area contributed by atoms with Crippen molar-refractivity contribution in [2.24, 2.45) is 0 Å². The summed E-state index contributed by atoms with van der Waals surface area (Å²) in [5.74, 6) is 2.24. The average Bonchev–Trinajstić information content (AvgIpc) is 2.35. The highest BCUT2D eigenvalue weighted by molar-refractivity contribution is 5.90. The lowest BCUT2D eigenvalue weighted by atomic mass is 10.2. The summed E-state index contributed by atoms with van der Waals surface area (Å²) in [6, 6.07) is 4.74. The van der Waals surface area contributed by atoms with Crippen LogP contribution in [0.5, 0.6) is 5.75 Å². The van der Waals surface area contributed by atoms with E-state index in [0.717, 1.165) is 6.42 Å². The van der Waals surface area contributed by atoms with Crippen LogP contribution in [0.4, 0.5) is 5.69 Å². The van der Waals surface area contributed by atoms with Crippen LogP contribution in [-0.4, -0.2) is 19.2 Å². The standard InChI is InChI=1S/C13H15NO3/c1-3-7-16-12-9-10(5-6-11(12)14)13(15)17-8-4-2/h2,5-6,9H,3,7-8,14H2,1H3. The van der Waals surface area contributed by atoms with Gasteiger partial charge >= 0.3 is 5.97 Å². The number of hydrogen-bond acceptors (Lipinski definition) is 4. The molecule has 0 amide bonds. The Kier molecular flexibility index (Phi) is 4.89. The van der Waals surface area contributed by atoms with E-state index in [1.54, 1.807) is 18.2 Å². The van der Waals surface area contributed by atoms with Crippen LogP contribution in [0, 0.1) is 12.3 Å². The molecule has 0 atom stereocenters. The van der Waals surface area contributed by atoms with Gasteiger partial charge in [-0.3, -0.25) is 0 Å². The molecule has 0 saturated heterocycles. The third kappa shape index (κ3) is 3.72. The van der Waals surface area contributed by atoms with Gasteiger partial charge in [0.25, 0.3) is 0 Å². The molecule has 0 spiro atoms. The molecule has 0 heterocycles. The van der Waals surface area contributed by atoms with Crippen molar-refractivity contribution in [3.05, 3.63) is 23.8 Å². The van der Waals surface area contributed by atoms with Gasteiger partial charge in [0.05, 0.1) is 17.9 Å². The molecular weight excluding hydrogens is 218 g/mol. The summed E-state index contributed by atoms with van der Waals surface area (Å²) >= 11 is 0. The highest BCUT2D eigenvalue weighted by Crippen LogP contribution is 2.23. The molecule has 0 radical (unpaired) electrons. The molecule has 4 heteroatoms. The maximum absolute atomic E-state index is 11.5. The first kappa shape index (κ1) is 12.9. The fourth-order valence-electron chi connectivity index (χ4n) is 1.19. The summed E-state index contributed by atoms with van der Waals surface area (Å²) in [6.45, 7) is 2.49. The van der Waals surface area contributed by atoms with Crippen LogP contribution in [-0.2, 0) is 4.74 Å². The Morgan fingerprint density at radius 3 is 2.94 bits per heavy atom. The van der Waals surface area contributed by atoms with Crippen molar-refractivity contribution in [2.45, 2.75) is 13.3 Å². The van der Waals surface area contributed by atoms with Gasteiger partial charge in [-0.1, -0.05) is 12.8 Å². The lowest BCUT2D eigenvalue weighted by molar-refractivity contribution is 0.0556. The number of anilines is 1. The maximum atomic E-state index is 11.5.